The van der Waals surface area contributed by atoms with Crippen LogP contribution in [0.1, 0.15) is 49.0 Å². The molecule has 0 saturated heterocycles. The molecule has 1 aliphatic heterocycles. The van der Waals surface area contributed by atoms with Gasteiger partial charge in [0.05, 0.1) is 10.6 Å². The zero-order chi connectivity index (χ0) is 25.4. The van der Waals surface area contributed by atoms with Gasteiger partial charge in [-0.3, -0.25) is 4.79 Å². The summed E-state index contributed by atoms with van der Waals surface area (Å²) < 4.78 is 35.4. The number of nitrogen functional groups attached to an aromatic ring is 1. The van der Waals surface area contributed by atoms with Gasteiger partial charge in [0.1, 0.15) is 21.5 Å². The number of nitrogens with two attached hydrogens (primary N) is 1. The van der Waals surface area contributed by atoms with E-state index in [4.69, 9.17) is 17.3 Å². The van der Waals surface area contributed by atoms with Gasteiger partial charge in [0, 0.05) is 66.6 Å². The molecule has 1 spiro atoms. The number of anilines is 2. The fourth-order valence-electron chi connectivity index (χ4n) is 4.66. The number of sulfone groups is 1. The van der Waals surface area contributed by atoms with Crippen LogP contribution in [0.3, 0.4) is 0 Å². The van der Waals surface area contributed by atoms with E-state index in [9.17, 15) is 13.2 Å². The first kappa shape index (κ1) is 26.2. The van der Waals surface area contributed by atoms with Crippen molar-refractivity contribution in [3.05, 3.63) is 40.3 Å². The highest BCUT2D eigenvalue weighted by Crippen LogP contribution is 2.53. The molecule has 1 amide bonds. The SMILES string of the molecule is CC1CCC2(CNc3ncc(-c4ccc(N)c(C(=O)N(C)C)c4F)c(Cl)c32)C1.CCS(C)(=O)=O. The molecule has 1 aromatic heterocycles. The Morgan fingerprint density at radius 3 is 2.53 bits per heavy atom. The van der Waals surface area contributed by atoms with Crippen LogP contribution in [0.2, 0.25) is 5.02 Å². The third-order valence-corrected chi connectivity index (χ3v) is 8.05. The summed E-state index contributed by atoms with van der Waals surface area (Å²) in [4.78, 5) is 18.3. The Morgan fingerprint density at radius 1 is 1.35 bits per heavy atom. The number of amides is 1. The lowest BCUT2D eigenvalue weighted by Crippen LogP contribution is -2.25. The molecule has 2 aliphatic rings. The molecule has 1 saturated carbocycles. The number of carbonyl (C=O) groups excluding carboxylic acids is 1. The number of aromatic nitrogens is 1. The zero-order valence-corrected chi connectivity index (χ0v) is 21.8. The number of hydrogen-bond acceptors (Lipinski definition) is 6. The van der Waals surface area contributed by atoms with Crippen molar-refractivity contribution >= 4 is 38.9 Å². The maximum Gasteiger partial charge on any atom is 0.258 e. The average Bonchev–Trinajstić information content (AvgIpc) is 3.32. The van der Waals surface area contributed by atoms with Crippen LogP contribution in [0.25, 0.3) is 11.1 Å². The van der Waals surface area contributed by atoms with E-state index in [1.165, 1.54) is 11.2 Å². The smallest absolute Gasteiger partial charge is 0.258 e. The number of carbonyl (C=O) groups is 1. The van der Waals surface area contributed by atoms with Gasteiger partial charge in [0.25, 0.3) is 5.91 Å². The average molecular weight is 511 g/mol. The van der Waals surface area contributed by atoms with Gasteiger partial charge in [-0.2, -0.15) is 0 Å². The number of hydrogen-bond donors (Lipinski definition) is 2. The van der Waals surface area contributed by atoms with Crippen LogP contribution < -0.4 is 11.1 Å². The van der Waals surface area contributed by atoms with Crippen LogP contribution in [0.4, 0.5) is 15.9 Å². The molecule has 2 unspecified atom stereocenters. The summed E-state index contributed by atoms with van der Waals surface area (Å²) in [5.74, 6) is 0.493. The number of nitrogens with zero attached hydrogens (tertiary/aromatic N) is 2. The monoisotopic (exact) mass is 510 g/mol. The van der Waals surface area contributed by atoms with Gasteiger partial charge in [-0.05, 0) is 37.3 Å². The fraction of sp³-hybridized carbons (Fsp3) is 0.500. The number of nitrogens with one attached hydrogen (secondary N) is 1. The summed E-state index contributed by atoms with van der Waals surface area (Å²) in [7, 11) is 0.466. The third-order valence-electron chi connectivity index (χ3n) is 6.60. The molecule has 0 radical (unpaired) electrons. The van der Waals surface area contributed by atoms with Gasteiger partial charge < -0.3 is 16.0 Å². The normalized spacial score (nSPS) is 21.0. The van der Waals surface area contributed by atoms with Crippen molar-refractivity contribution in [2.45, 2.75) is 38.5 Å². The van der Waals surface area contributed by atoms with E-state index in [2.05, 4.69) is 17.2 Å². The van der Waals surface area contributed by atoms with Crippen molar-refractivity contribution in [3.63, 3.8) is 0 Å². The maximum atomic E-state index is 15.4. The van der Waals surface area contributed by atoms with Crippen molar-refractivity contribution in [2.75, 3.05) is 43.7 Å². The van der Waals surface area contributed by atoms with Crippen LogP contribution in [0.5, 0.6) is 0 Å². The first-order valence-corrected chi connectivity index (χ1v) is 13.7. The predicted octanol–water partition coefficient (Wildman–Crippen LogP) is 4.36. The van der Waals surface area contributed by atoms with Gasteiger partial charge in [-0.25, -0.2) is 17.8 Å². The lowest BCUT2D eigenvalue weighted by atomic mass is 9.80. The van der Waals surface area contributed by atoms with Gasteiger partial charge >= 0.3 is 0 Å². The number of rotatable bonds is 3. The molecular formula is C24H32ClFN4O3S. The van der Waals surface area contributed by atoms with Crippen LogP contribution in [-0.2, 0) is 15.3 Å². The number of fused-ring (bicyclic) bond motifs is 2. The summed E-state index contributed by atoms with van der Waals surface area (Å²) in [5, 5.41) is 3.88. The minimum absolute atomic E-state index is 0.0542. The molecule has 34 heavy (non-hydrogen) atoms. The van der Waals surface area contributed by atoms with Crippen molar-refractivity contribution in [1.82, 2.24) is 9.88 Å². The number of pyridine rings is 1. The second kappa shape index (κ2) is 9.70. The van der Waals surface area contributed by atoms with Crippen LogP contribution >= 0.6 is 11.6 Å². The summed E-state index contributed by atoms with van der Waals surface area (Å²) >= 11 is 6.84. The molecule has 0 bridgehead atoms. The molecule has 1 aromatic carbocycles. The lowest BCUT2D eigenvalue weighted by molar-refractivity contribution is 0.0824. The van der Waals surface area contributed by atoms with Crippen LogP contribution in [0.15, 0.2) is 18.3 Å². The summed E-state index contributed by atoms with van der Waals surface area (Å²) in [6, 6.07) is 3.11. The molecule has 186 valence electrons. The highest BCUT2D eigenvalue weighted by Gasteiger charge is 2.46. The van der Waals surface area contributed by atoms with Crippen molar-refractivity contribution in [2.24, 2.45) is 5.92 Å². The standard InChI is InChI=1S/C21H24ClFN4O.C3H8O2S/c1-11-6-7-21(8-11)10-26-19-16(21)17(22)13(9-25-19)12-4-5-14(24)15(18(12)23)20(28)27(2)3;1-3-6(2,4)5/h4-5,9,11H,6-8,10,24H2,1-3H3,(H,25,26);3H2,1-2H3. The van der Waals surface area contributed by atoms with Crippen molar-refractivity contribution in [1.29, 1.82) is 0 Å². The second-order valence-corrected chi connectivity index (χ2v) is 12.3. The molecular weight excluding hydrogens is 479 g/mol. The van der Waals surface area contributed by atoms with Gasteiger partial charge in [-0.15, -0.1) is 0 Å². The van der Waals surface area contributed by atoms with Gasteiger partial charge in [0.15, 0.2) is 0 Å². The maximum absolute atomic E-state index is 15.4. The van der Waals surface area contributed by atoms with E-state index in [1.807, 2.05) is 0 Å². The van der Waals surface area contributed by atoms with Crippen molar-refractivity contribution in [3.8, 4) is 11.1 Å². The van der Waals surface area contributed by atoms with Crippen molar-refractivity contribution < 1.29 is 17.6 Å². The van der Waals surface area contributed by atoms with E-state index < -0.39 is 21.6 Å². The first-order chi connectivity index (χ1) is 15.8. The second-order valence-electron chi connectivity index (χ2n) is 9.50. The van der Waals surface area contributed by atoms with Gasteiger partial charge in [0.2, 0.25) is 0 Å². The summed E-state index contributed by atoms with van der Waals surface area (Å²) in [5.41, 5.74) is 7.53. The summed E-state index contributed by atoms with van der Waals surface area (Å²) in [6.07, 6.45) is 6.00. The molecule has 3 N–H and O–H groups in total. The Morgan fingerprint density at radius 2 is 2.00 bits per heavy atom. The molecule has 1 fully saturated rings. The predicted molar refractivity (Wildman–Crippen MR) is 136 cm³/mol. The lowest BCUT2D eigenvalue weighted by Gasteiger charge is -2.25. The molecule has 2 atom stereocenters. The number of halogens is 2. The molecule has 1 aliphatic carbocycles. The molecule has 2 aromatic rings. The zero-order valence-electron chi connectivity index (χ0n) is 20.2. The Bertz CT molecular complexity index is 1220. The minimum Gasteiger partial charge on any atom is -0.398 e. The minimum atomic E-state index is -2.66. The van der Waals surface area contributed by atoms with E-state index in [-0.39, 0.29) is 28.0 Å². The molecule has 2 heterocycles. The highest BCUT2D eigenvalue weighted by atomic mass is 35.5. The Hall–Kier alpha value is -2.39. The van der Waals surface area contributed by atoms with E-state index in [0.29, 0.717) is 16.5 Å². The Kier molecular flexibility index (Phi) is 7.48. The molecule has 4 rings (SSSR count). The third kappa shape index (κ3) is 5.00. The van der Waals surface area contributed by atoms with Gasteiger partial charge in [-0.1, -0.05) is 25.4 Å². The Balaban J connectivity index is 0.000000481. The topological polar surface area (TPSA) is 105 Å². The first-order valence-electron chi connectivity index (χ1n) is 11.2. The largest absolute Gasteiger partial charge is 0.398 e. The van der Waals surface area contributed by atoms with E-state index in [0.717, 1.165) is 37.2 Å². The quantitative estimate of drug-likeness (QED) is 0.594. The molecule has 10 heteroatoms. The van der Waals surface area contributed by atoms with E-state index in [1.54, 1.807) is 39.3 Å². The summed E-state index contributed by atoms with van der Waals surface area (Å²) in [6.45, 7) is 4.67. The van der Waals surface area contributed by atoms with Crippen LogP contribution in [0, 0.1) is 11.7 Å². The highest BCUT2D eigenvalue weighted by molar-refractivity contribution is 7.90. The fourth-order valence-corrected chi connectivity index (χ4v) is 5.10. The molecule has 7 nitrogen and oxygen atoms in total. The van der Waals surface area contributed by atoms with Crippen LogP contribution in [-0.4, -0.2) is 56.9 Å². The van der Waals surface area contributed by atoms with E-state index >= 15 is 4.39 Å². The Labute approximate surface area is 205 Å². The number of benzene rings is 1.